The minimum atomic E-state index is -0.571. The van der Waals surface area contributed by atoms with Crippen LogP contribution in [0.1, 0.15) is 34.1 Å². The summed E-state index contributed by atoms with van der Waals surface area (Å²) >= 11 is 1.85. The molecule has 0 fully saturated rings. The Morgan fingerprint density at radius 2 is 1.86 bits per heavy atom. The molecule has 3 nitrogen and oxygen atoms in total. The van der Waals surface area contributed by atoms with Gasteiger partial charge in [-0.2, -0.15) is 11.8 Å². The summed E-state index contributed by atoms with van der Waals surface area (Å²) in [5.74, 6) is 0.651. The number of rotatable bonds is 5. The van der Waals surface area contributed by atoms with Crippen molar-refractivity contribution in [3.05, 3.63) is 0 Å². The standard InChI is InChI=1S/C10H22N2OS/c1-9(2,3)14-7-6-10(4,12-5)8(11)13/h12H,6-7H2,1-5H3,(H2,11,13). The Balaban J connectivity index is 4.04. The van der Waals surface area contributed by atoms with Crippen LogP contribution in [-0.2, 0) is 4.79 Å². The van der Waals surface area contributed by atoms with Crippen LogP contribution < -0.4 is 11.1 Å². The number of likely N-dealkylation sites (N-methyl/N-ethyl adjacent to an activating group) is 1. The van der Waals surface area contributed by atoms with Crippen LogP contribution in [0.25, 0.3) is 0 Å². The molecule has 14 heavy (non-hydrogen) atoms. The van der Waals surface area contributed by atoms with Gasteiger partial charge in [-0.3, -0.25) is 4.79 Å². The minimum Gasteiger partial charge on any atom is -0.368 e. The quantitative estimate of drug-likeness (QED) is 0.733. The van der Waals surface area contributed by atoms with E-state index in [4.69, 9.17) is 5.73 Å². The third-order valence-corrected chi connectivity index (χ3v) is 3.51. The molecule has 0 saturated heterocycles. The largest absolute Gasteiger partial charge is 0.368 e. The Morgan fingerprint density at radius 3 is 2.14 bits per heavy atom. The molecule has 0 aromatic carbocycles. The highest BCUT2D eigenvalue weighted by atomic mass is 32.2. The van der Waals surface area contributed by atoms with E-state index < -0.39 is 5.54 Å². The lowest BCUT2D eigenvalue weighted by Gasteiger charge is -2.27. The predicted octanol–water partition coefficient (Wildman–Crippen LogP) is 1.37. The predicted molar refractivity (Wildman–Crippen MR) is 63.5 cm³/mol. The smallest absolute Gasteiger partial charge is 0.237 e. The van der Waals surface area contributed by atoms with Gasteiger partial charge >= 0.3 is 0 Å². The second-order valence-corrected chi connectivity index (χ2v) is 6.58. The van der Waals surface area contributed by atoms with Gasteiger partial charge in [0.25, 0.3) is 0 Å². The third kappa shape index (κ3) is 4.86. The van der Waals surface area contributed by atoms with Crippen molar-refractivity contribution in [2.45, 2.75) is 44.4 Å². The van der Waals surface area contributed by atoms with Crippen molar-refractivity contribution >= 4 is 17.7 Å². The van der Waals surface area contributed by atoms with Crippen molar-refractivity contribution < 1.29 is 4.79 Å². The first-order chi connectivity index (χ1) is 6.21. The molecule has 0 aromatic heterocycles. The molecular formula is C10H22N2OS. The summed E-state index contributed by atoms with van der Waals surface area (Å²) in [4.78, 5) is 11.2. The first kappa shape index (κ1) is 13.8. The fourth-order valence-corrected chi connectivity index (χ4v) is 2.06. The minimum absolute atomic E-state index is 0.242. The molecule has 0 rings (SSSR count). The molecule has 1 atom stereocenters. The van der Waals surface area contributed by atoms with Crippen molar-refractivity contribution in [3.63, 3.8) is 0 Å². The van der Waals surface area contributed by atoms with Crippen LogP contribution in [0.15, 0.2) is 0 Å². The van der Waals surface area contributed by atoms with E-state index in [2.05, 4.69) is 26.1 Å². The van der Waals surface area contributed by atoms with Crippen LogP contribution in [0.5, 0.6) is 0 Å². The van der Waals surface area contributed by atoms with Gasteiger partial charge in [-0.25, -0.2) is 0 Å². The van der Waals surface area contributed by atoms with Gasteiger partial charge in [0, 0.05) is 4.75 Å². The lowest BCUT2D eigenvalue weighted by molar-refractivity contribution is -0.123. The van der Waals surface area contributed by atoms with Crippen molar-refractivity contribution in [1.29, 1.82) is 0 Å². The molecule has 4 heteroatoms. The van der Waals surface area contributed by atoms with E-state index in [1.807, 2.05) is 18.7 Å². The molecule has 0 aliphatic carbocycles. The van der Waals surface area contributed by atoms with Crippen molar-refractivity contribution in [2.24, 2.45) is 5.73 Å². The van der Waals surface area contributed by atoms with Gasteiger partial charge in [0.2, 0.25) is 5.91 Å². The Morgan fingerprint density at radius 1 is 1.36 bits per heavy atom. The summed E-state index contributed by atoms with van der Waals surface area (Å²) < 4.78 is 0.242. The third-order valence-electron chi connectivity index (χ3n) is 2.23. The van der Waals surface area contributed by atoms with E-state index in [1.165, 1.54) is 0 Å². The maximum absolute atomic E-state index is 11.2. The highest BCUT2D eigenvalue weighted by molar-refractivity contribution is 8.00. The van der Waals surface area contributed by atoms with Crippen LogP contribution in [0.2, 0.25) is 0 Å². The van der Waals surface area contributed by atoms with Crippen molar-refractivity contribution in [2.75, 3.05) is 12.8 Å². The van der Waals surface area contributed by atoms with Gasteiger partial charge in [0.05, 0.1) is 5.54 Å². The molecule has 0 radical (unpaired) electrons. The van der Waals surface area contributed by atoms with Gasteiger partial charge in [0.15, 0.2) is 0 Å². The van der Waals surface area contributed by atoms with Gasteiger partial charge in [-0.15, -0.1) is 0 Å². The number of carbonyl (C=O) groups excluding carboxylic acids is 1. The molecule has 0 spiro atoms. The average Bonchev–Trinajstić information content (AvgIpc) is 2.01. The zero-order valence-electron chi connectivity index (χ0n) is 9.81. The van der Waals surface area contributed by atoms with E-state index in [0.717, 1.165) is 12.2 Å². The summed E-state index contributed by atoms with van der Waals surface area (Å²) in [5.41, 5.74) is 4.75. The van der Waals surface area contributed by atoms with Crippen molar-refractivity contribution in [3.8, 4) is 0 Å². The normalized spacial score (nSPS) is 16.4. The Hall–Kier alpha value is -0.220. The van der Waals surface area contributed by atoms with Crippen LogP contribution in [0.3, 0.4) is 0 Å². The molecule has 1 unspecified atom stereocenters. The highest BCUT2D eigenvalue weighted by Gasteiger charge is 2.28. The molecule has 84 valence electrons. The zero-order valence-corrected chi connectivity index (χ0v) is 10.6. The monoisotopic (exact) mass is 218 g/mol. The lowest BCUT2D eigenvalue weighted by atomic mass is 9.99. The van der Waals surface area contributed by atoms with E-state index in [-0.39, 0.29) is 10.7 Å². The first-order valence-electron chi connectivity index (χ1n) is 4.84. The number of nitrogens with two attached hydrogens (primary N) is 1. The molecular weight excluding hydrogens is 196 g/mol. The van der Waals surface area contributed by atoms with E-state index in [1.54, 1.807) is 7.05 Å². The molecule has 1 amide bonds. The van der Waals surface area contributed by atoms with Crippen LogP contribution in [0, 0.1) is 0 Å². The van der Waals surface area contributed by atoms with E-state index >= 15 is 0 Å². The van der Waals surface area contributed by atoms with Crippen molar-refractivity contribution in [1.82, 2.24) is 5.32 Å². The number of amides is 1. The number of primary amides is 1. The Kier molecular flexibility index (Phi) is 4.95. The SMILES string of the molecule is CNC(C)(CCSC(C)(C)C)C(N)=O. The summed E-state index contributed by atoms with van der Waals surface area (Å²) in [6, 6.07) is 0. The maximum atomic E-state index is 11.2. The van der Waals surface area contributed by atoms with Gasteiger partial charge < -0.3 is 11.1 Å². The van der Waals surface area contributed by atoms with Crippen LogP contribution in [-0.4, -0.2) is 29.0 Å². The summed E-state index contributed by atoms with van der Waals surface area (Å²) in [6.45, 7) is 8.34. The van der Waals surface area contributed by atoms with Crippen LogP contribution >= 0.6 is 11.8 Å². The van der Waals surface area contributed by atoms with Gasteiger partial charge in [0.1, 0.15) is 0 Å². The highest BCUT2D eigenvalue weighted by Crippen LogP contribution is 2.25. The maximum Gasteiger partial charge on any atom is 0.237 e. The summed E-state index contributed by atoms with van der Waals surface area (Å²) in [7, 11) is 1.77. The summed E-state index contributed by atoms with van der Waals surface area (Å²) in [6.07, 6.45) is 0.765. The first-order valence-corrected chi connectivity index (χ1v) is 5.82. The fourth-order valence-electron chi connectivity index (χ4n) is 0.933. The zero-order chi connectivity index (χ0) is 11.4. The molecule has 0 aliphatic heterocycles. The van der Waals surface area contributed by atoms with E-state index in [0.29, 0.717) is 0 Å². The summed E-state index contributed by atoms with van der Waals surface area (Å²) in [5, 5.41) is 2.98. The van der Waals surface area contributed by atoms with E-state index in [9.17, 15) is 4.79 Å². The number of hydrogen-bond donors (Lipinski definition) is 2. The number of carbonyl (C=O) groups is 1. The molecule has 3 N–H and O–H groups in total. The molecule has 0 saturated carbocycles. The number of hydrogen-bond acceptors (Lipinski definition) is 3. The number of nitrogens with one attached hydrogen (secondary N) is 1. The van der Waals surface area contributed by atoms with Gasteiger partial charge in [-0.05, 0) is 26.1 Å². The lowest BCUT2D eigenvalue weighted by Crippen LogP contribution is -2.51. The molecule has 0 aromatic rings. The second kappa shape index (κ2) is 5.03. The number of thioether (sulfide) groups is 1. The molecule has 0 aliphatic rings. The van der Waals surface area contributed by atoms with Crippen LogP contribution in [0.4, 0.5) is 0 Å². The van der Waals surface area contributed by atoms with Gasteiger partial charge in [-0.1, -0.05) is 20.8 Å². The Bertz CT molecular complexity index is 201. The topological polar surface area (TPSA) is 55.1 Å². The fraction of sp³-hybridized carbons (Fsp3) is 0.900. The second-order valence-electron chi connectivity index (χ2n) is 4.66. The molecule has 0 heterocycles. The molecule has 0 bridgehead atoms. The Labute approximate surface area is 91.2 Å². The average molecular weight is 218 g/mol.